The Bertz CT molecular complexity index is 942. The highest BCUT2D eigenvalue weighted by molar-refractivity contribution is 5.76. The summed E-state index contributed by atoms with van der Waals surface area (Å²) in [5.41, 5.74) is 2.30. The molecule has 4 rings (SSSR count). The molecule has 162 valence electrons. The Labute approximate surface area is 183 Å². The molecule has 0 aliphatic carbocycles. The molecule has 6 heteroatoms. The van der Waals surface area contributed by atoms with Crippen molar-refractivity contribution in [2.75, 3.05) is 19.6 Å². The molecule has 0 radical (unpaired) electrons. The van der Waals surface area contributed by atoms with Gasteiger partial charge in [-0.25, -0.2) is 0 Å². The number of nitrogens with zero attached hydrogens (tertiary/aromatic N) is 3. The van der Waals surface area contributed by atoms with Crippen LogP contribution in [0.2, 0.25) is 0 Å². The van der Waals surface area contributed by atoms with Gasteiger partial charge in [0.25, 0.3) is 0 Å². The summed E-state index contributed by atoms with van der Waals surface area (Å²) >= 11 is 0. The summed E-state index contributed by atoms with van der Waals surface area (Å²) in [5.74, 6) is 1.12. The highest BCUT2D eigenvalue weighted by atomic mass is 16.5. The van der Waals surface area contributed by atoms with Crippen molar-refractivity contribution in [3.8, 4) is 11.4 Å². The third-order valence-corrected chi connectivity index (χ3v) is 5.72. The Balaban J connectivity index is 1.17. The molecule has 1 N–H and O–H groups in total. The molecule has 2 aromatic carbocycles. The molecule has 0 unspecified atom stereocenters. The monoisotopic (exact) mass is 418 g/mol. The largest absolute Gasteiger partial charge is 0.352 e. The number of carbonyl (C=O) groups excluding carboxylic acids is 1. The highest BCUT2D eigenvalue weighted by Crippen LogP contribution is 2.16. The van der Waals surface area contributed by atoms with Crippen LogP contribution in [0.5, 0.6) is 0 Å². The van der Waals surface area contributed by atoms with Crippen LogP contribution in [0, 0.1) is 0 Å². The van der Waals surface area contributed by atoms with E-state index in [2.05, 4.69) is 50.7 Å². The first-order valence-electron chi connectivity index (χ1n) is 11.2. The second kappa shape index (κ2) is 10.9. The lowest BCUT2D eigenvalue weighted by Crippen LogP contribution is -2.48. The van der Waals surface area contributed by atoms with Crippen molar-refractivity contribution in [3.63, 3.8) is 0 Å². The first kappa shape index (κ1) is 21.2. The highest BCUT2D eigenvalue weighted by Gasteiger charge is 2.21. The van der Waals surface area contributed by atoms with Gasteiger partial charge in [-0.15, -0.1) is 0 Å². The van der Waals surface area contributed by atoms with E-state index in [0.717, 1.165) is 50.9 Å². The number of aryl methyl sites for hydroxylation is 2. The van der Waals surface area contributed by atoms with Crippen LogP contribution in [-0.4, -0.2) is 46.6 Å². The Morgan fingerprint density at radius 1 is 1.06 bits per heavy atom. The average molecular weight is 419 g/mol. The maximum absolute atomic E-state index is 12.4. The number of hydrogen-bond donors (Lipinski definition) is 1. The van der Waals surface area contributed by atoms with Crippen LogP contribution < -0.4 is 5.32 Å². The predicted octanol–water partition coefficient (Wildman–Crippen LogP) is 3.88. The fourth-order valence-electron chi connectivity index (χ4n) is 4.11. The van der Waals surface area contributed by atoms with Crippen molar-refractivity contribution >= 4 is 5.91 Å². The molecule has 1 fully saturated rings. The third kappa shape index (κ3) is 6.49. The standard InChI is InChI=1S/C25H30N4O2/c30-23(15-16-24-27-25(28-31-24)21-12-5-2-6-13-21)26-22-14-8-18-29(19-22)17-7-11-20-9-3-1-4-10-20/h1-6,9-10,12-13,22H,7-8,11,14-19H2,(H,26,30)/t22-/m0/s1. The number of rotatable bonds is 9. The number of benzene rings is 2. The number of likely N-dealkylation sites (tertiary alicyclic amines) is 1. The summed E-state index contributed by atoms with van der Waals surface area (Å²) in [7, 11) is 0. The quantitative estimate of drug-likeness (QED) is 0.571. The van der Waals surface area contributed by atoms with Gasteiger partial charge in [0.05, 0.1) is 0 Å². The van der Waals surface area contributed by atoms with Crippen LogP contribution in [0.15, 0.2) is 65.2 Å². The molecule has 1 saturated heterocycles. The fourth-order valence-corrected chi connectivity index (χ4v) is 4.11. The van der Waals surface area contributed by atoms with Crippen molar-refractivity contribution in [1.29, 1.82) is 0 Å². The van der Waals surface area contributed by atoms with E-state index in [-0.39, 0.29) is 11.9 Å². The zero-order valence-electron chi connectivity index (χ0n) is 17.9. The molecule has 1 aromatic heterocycles. The second-order valence-corrected chi connectivity index (χ2v) is 8.17. The van der Waals surface area contributed by atoms with Gasteiger partial charge in [0.2, 0.25) is 17.6 Å². The van der Waals surface area contributed by atoms with E-state index in [1.165, 1.54) is 5.56 Å². The normalized spacial score (nSPS) is 16.8. The van der Waals surface area contributed by atoms with E-state index in [0.29, 0.717) is 24.6 Å². The second-order valence-electron chi connectivity index (χ2n) is 8.17. The van der Waals surface area contributed by atoms with E-state index < -0.39 is 0 Å². The molecule has 1 aliphatic rings. The van der Waals surface area contributed by atoms with Crippen LogP contribution in [0.25, 0.3) is 11.4 Å². The summed E-state index contributed by atoms with van der Waals surface area (Å²) < 4.78 is 5.31. The van der Waals surface area contributed by atoms with Gasteiger partial charge in [0.15, 0.2) is 0 Å². The number of aromatic nitrogens is 2. The molecule has 31 heavy (non-hydrogen) atoms. The molecule has 0 bridgehead atoms. The Kier molecular flexibility index (Phi) is 7.45. The first-order valence-corrected chi connectivity index (χ1v) is 11.2. The number of hydrogen-bond acceptors (Lipinski definition) is 5. The topological polar surface area (TPSA) is 71.3 Å². The Morgan fingerprint density at radius 3 is 2.65 bits per heavy atom. The predicted molar refractivity (Wildman–Crippen MR) is 120 cm³/mol. The number of carbonyl (C=O) groups is 1. The van der Waals surface area contributed by atoms with Gasteiger partial charge in [0.1, 0.15) is 0 Å². The van der Waals surface area contributed by atoms with E-state index >= 15 is 0 Å². The SMILES string of the molecule is O=C(CCc1nc(-c2ccccc2)no1)N[C@H]1CCCN(CCCc2ccccc2)C1. The summed E-state index contributed by atoms with van der Waals surface area (Å²) in [5, 5.41) is 7.21. The van der Waals surface area contributed by atoms with Gasteiger partial charge < -0.3 is 14.7 Å². The van der Waals surface area contributed by atoms with Crippen LogP contribution in [0.1, 0.15) is 37.1 Å². The molecule has 0 saturated carbocycles. The first-order chi connectivity index (χ1) is 15.3. The van der Waals surface area contributed by atoms with E-state index in [4.69, 9.17) is 4.52 Å². The zero-order valence-corrected chi connectivity index (χ0v) is 17.9. The molecule has 6 nitrogen and oxygen atoms in total. The van der Waals surface area contributed by atoms with Crippen molar-refractivity contribution < 1.29 is 9.32 Å². The number of piperidine rings is 1. The van der Waals surface area contributed by atoms with Crippen LogP contribution in [0.3, 0.4) is 0 Å². The summed E-state index contributed by atoms with van der Waals surface area (Å²) in [4.78, 5) is 19.3. The van der Waals surface area contributed by atoms with Crippen LogP contribution in [-0.2, 0) is 17.6 Å². The van der Waals surface area contributed by atoms with Crippen molar-refractivity contribution in [2.45, 2.75) is 44.6 Å². The van der Waals surface area contributed by atoms with E-state index in [9.17, 15) is 4.79 Å². The van der Waals surface area contributed by atoms with Crippen molar-refractivity contribution in [1.82, 2.24) is 20.4 Å². The van der Waals surface area contributed by atoms with Crippen molar-refractivity contribution in [3.05, 3.63) is 72.1 Å². The molecule has 1 amide bonds. The fraction of sp³-hybridized carbons (Fsp3) is 0.400. The Morgan fingerprint density at radius 2 is 1.84 bits per heavy atom. The van der Waals surface area contributed by atoms with Gasteiger partial charge in [-0.1, -0.05) is 65.8 Å². The molecule has 1 aliphatic heterocycles. The summed E-state index contributed by atoms with van der Waals surface area (Å²) in [6.07, 6.45) is 5.23. The Hall–Kier alpha value is -2.99. The van der Waals surface area contributed by atoms with Crippen LogP contribution >= 0.6 is 0 Å². The number of amides is 1. The maximum atomic E-state index is 12.4. The van der Waals surface area contributed by atoms with Crippen LogP contribution in [0.4, 0.5) is 0 Å². The minimum absolute atomic E-state index is 0.0515. The molecule has 0 spiro atoms. The summed E-state index contributed by atoms with van der Waals surface area (Å²) in [6.45, 7) is 3.12. The molecule has 3 aromatic rings. The van der Waals surface area contributed by atoms with Crippen molar-refractivity contribution in [2.24, 2.45) is 0 Å². The minimum atomic E-state index is 0.0515. The van der Waals surface area contributed by atoms with Gasteiger partial charge in [0, 0.05) is 31.0 Å². The molecule has 2 heterocycles. The third-order valence-electron chi connectivity index (χ3n) is 5.72. The number of nitrogens with one attached hydrogen (secondary N) is 1. The maximum Gasteiger partial charge on any atom is 0.227 e. The average Bonchev–Trinajstić information content (AvgIpc) is 3.29. The summed E-state index contributed by atoms with van der Waals surface area (Å²) in [6, 6.07) is 20.6. The smallest absolute Gasteiger partial charge is 0.227 e. The van der Waals surface area contributed by atoms with Gasteiger partial charge in [-0.05, 0) is 44.3 Å². The lowest BCUT2D eigenvalue weighted by Gasteiger charge is -2.33. The molecular formula is C25H30N4O2. The minimum Gasteiger partial charge on any atom is -0.352 e. The van der Waals surface area contributed by atoms with E-state index in [1.807, 2.05) is 30.3 Å². The molecular weight excluding hydrogens is 388 g/mol. The lowest BCUT2D eigenvalue weighted by molar-refractivity contribution is -0.122. The van der Waals surface area contributed by atoms with Gasteiger partial charge in [-0.3, -0.25) is 4.79 Å². The zero-order chi connectivity index (χ0) is 21.3. The molecule has 1 atom stereocenters. The lowest BCUT2D eigenvalue weighted by atomic mass is 10.0. The van der Waals surface area contributed by atoms with E-state index in [1.54, 1.807) is 0 Å². The van der Waals surface area contributed by atoms with Gasteiger partial charge >= 0.3 is 0 Å². The van der Waals surface area contributed by atoms with Gasteiger partial charge in [-0.2, -0.15) is 4.98 Å².